The van der Waals surface area contributed by atoms with Crippen molar-refractivity contribution in [1.29, 1.82) is 0 Å². The van der Waals surface area contributed by atoms with Gasteiger partial charge >= 0.3 is 0 Å². The van der Waals surface area contributed by atoms with Crippen molar-refractivity contribution in [3.8, 4) is 0 Å². The smallest absolute Gasteiger partial charge is 0.205 e. The highest BCUT2D eigenvalue weighted by atomic mass is 79.9. The predicted octanol–water partition coefficient (Wildman–Crippen LogP) is 3.96. The lowest BCUT2D eigenvalue weighted by Gasteiger charge is -2.07. The molecule has 0 atom stereocenters. The summed E-state index contributed by atoms with van der Waals surface area (Å²) in [4.78, 5) is 7.69. The topological polar surface area (TPSA) is 66.7 Å². The van der Waals surface area contributed by atoms with Gasteiger partial charge < -0.3 is 16.0 Å². The Labute approximate surface area is 119 Å². The van der Waals surface area contributed by atoms with Crippen LogP contribution in [0.1, 0.15) is 5.56 Å². The van der Waals surface area contributed by atoms with Crippen molar-refractivity contribution < 1.29 is 0 Å². The molecule has 0 saturated heterocycles. The van der Waals surface area contributed by atoms with Gasteiger partial charge in [0.2, 0.25) is 5.95 Å². The summed E-state index contributed by atoms with van der Waals surface area (Å²) in [7, 11) is 0. The summed E-state index contributed by atoms with van der Waals surface area (Å²) < 4.78 is 1.04. The van der Waals surface area contributed by atoms with Crippen LogP contribution in [0.4, 0.5) is 17.3 Å². The normalized spacial score (nSPS) is 10.8. The molecule has 1 aromatic heterocycles. The third-order valence-electron chi connectivity index (χ3n) is 2.95. The van der Waals surface area contributed by atoms with Crippen molar-refractivity contribution in [1.82, 2.24) is 9.97 Å². The first-order valence-corrected chi connectivity index (χ1v) is 6.70. The Hall–Kier alpha value is -2.01. The lowest BCUT2D eigenvalue weighted by atomic mass is 10.2. The highest BCUT2D eigenvalue weighted by Crippen LogP contribution is 2.28. The average Bonchev–Trinajstić information content (AvgIpc) is 2.76. The monoisotopic (exact) mass is 316 g/mol. The zero-order valence-electron chi connectivity index (χ0n) is 10.4. The molecule has 0 spiro atoms. The quantitative estimate of drug-likeness (QED) is 0.627. The number of aromatic nitrogens is 2. The van der Waals surface area contributed by atoms with Gasteiger partial charge in [0.1, 0.15) is 0 Å². The number of nitrogen functional groups attached to an aromatic ring is 1. The number of rotatable bonds is 2. The van der Waals surface area contributed by atoms with Crippen molar-refractivity contribution >= 4 is 44.3 Å². The Morgan fingerprint density at radius 3 is 2.95 bits per heavy atom. The summed E-state index contributed by atoms with van der Waals surface area (Å²) in [6, 6.07) is 11.7. The maximum absolute atomic E-state index is 5.75. The van der Waals surface area contributed by atoms with Gasteiger partial charge in [-0.05, 0) is 52.7 Å². The zero-order valence-corrected chi connectivity index (χ0v) is 12.0. The summed E-state index contributed by atoms with van der Waals surface area (Å²) in [5.41, 5.74) is 10.4. The van der Waals surface area contributed by atoms with Crippen LogP contribution in [0.3, 0.4) is 0 Å². The number of fused-ring (bicyclic) bond motifs is 1. The van der Waals surface area contributed by atoms with Gasteiger partial charge in [0.15, 0.2) is 0 Å². The van der Waals surface area contributed by atoms with Gasteiger partial charge in [0.25, 0.3) is 0 Å². The summed E-state index contributed by atoms with van der Waals surface area (Å²) >= 11 is 3.57. The van der Waals surface area contributed by atoms with E-state index in [0.717, 1.165) is 26.9 Å². The zero-order chi connectivity index (χ0) is 13.4. The second-order valence-corrected chi connectivity index (χ2v) is 5.22. The highest BCUT2D eigenvalue weighted by molar-refractivity contribution is 9.10. The molecule has 0 saturated carbocycles. The molecule has 0 aliphatic heterocycles. The first kappa shape index (κ1) is 12.0. The maximum Gasteiger partial charge on any atom is 0.205 e. The number of imidazole rings is 1. The molecule has 5 heteroatoms. The Balaban J connectivity index is 1.99. The number of aromatic amines is 1. The van der Waals surface area contributed by atoms with Crippen molar-refractivity contribution in [2.45, 2.75) is 6.92 Å². The molecule has 0 fully saturated rings. The fourth-order valence-electron chi connectivity index (χ4n) is 1.96. The molecule has 0 radical (unpaired) electrons. The molecule has 1 heterocycles. The second-order valence-electron chi connectivity index (χ2n) is 4.42. The molecular formula is C14H13BrN4. The fourth-order valence-corrected chi connectivity index (χ4v) is 2.32. The minimum atomic E-state index is 0.701. The molecule has 19 heavy (non-hydrogen) atoms. The minimum Gasteiger partial charge on any atom is -0.399 e. The number of nitrogens with zero attached hydrogens (tertiary/aromatic N) is 1. The van der Waals surface area contributed by atoms with Crippen LogP contribution in [0, 0.1) is 6.92 Å². The molecule has 4 nitrogen and oxygen atoms in total. The van der Waals surface area contributed by atoms with E-state index in [2.05, 4.69) is 44.2 Å². The Morgan fingerprint density at radius 2 is 2.11 bits per heavy atom. The Bertz CT molecular complexity index is 748. The average molecular weight is 317 g/mol. The number of nitrogens with two attached hydrogens (primary N) is 1. The first-order chi connectivity index (χ1) is 9.13. The lowest BCUT2D eigenvalue weighted by molar-refractivity contribution is 1.30. The van der Waals surface area contributed by atoms with Crippen molar-refractivity contribution in [2.24, 2.45) is 0 Å². The SMILES string of the molecule is Cc1cccc(Nc2nc3ccc(N)cc3[nH]2)c1Br. The number of hydrogen-bond acceptors (Lipinski definition) is 3. The standard InChI is InChI=1S/C14H13BrN4/c1-8-3-2-4-11(13(8)15)18-14-17-10-6-5-9(16)7-12(10)19-14/h2-7H,16H2,1H3,(H2,17,18,19). The van der Waals surface area contributed by atoms with Crippen molar-refractivity contribution in [3.05, 3.63) is 46.4 Å². The number of anilines is 3. The molecular weight excluding hydrogens is 304 g/mol. The number of benzene rings is 2. The van der Waals surface area contributed by atoms with Crippen LogP contribution in [0.25, 0.3) is 11.0 Å². The molecule has 0 aliphatic rings. The van der Waals surface area contributed by atoms with Gasteiger partial charge in [0.05, 0.1) is 16.7 Å². The third-order valence-corrected chi connectivity index (χ3v) is 4.00. The molecule has 3 aromatic rings. The molecule has 0 unspecified atom stereocenters. The van der Waals surface area contributed by atoms with Gasteiger partial charge in [-0.3, -0.25) is 0 Å². The van der Waals surface area contributed by atoms with Crippen molar-refractivity contribution in [2.75, 3.05) is 11.1 Å². The van der Waals surface area contributed by atoms with Gasteiger partial charge in [0, 0.05) is 10.2 Å². The molecule has 96 valence electrons. The van der Waals surface area contributed by atoms with E-state index < -0.39 is 0 Å². The molecule has 0 amide bonds. The van der Waals surface area contributed by atoms with Gasteiger partial charge in [-0.1, -0.05) is 12.1 Å². The van der Waals surface area contributed by atoms with E-state index in [1.165, 1.54) is 5.56 Å². The summed E-state index contributed by atoms with van der Waals surface area (Å²) in [5.74, 6) is 0.701. The number of halogens is 1. The largest absolute Gasteiger partial charge is 0.399 e. The Morgan fingerprint density at radius 1 is 1.26 bits per heavy atom. The van der Waals surface area contributed by atoms with Crippen LogP contribution in [0.15, 0.2) is 40.9 Å². The number of aryl methyl sites for hydroxylation is 1. The molecule has 4 N–H and O–H groups in total. The third kappa shape index (κ3) is 2.29. The Kier molecular flexibility index (Phi) is 2.91. The van der Waals surface area contributed by atoms with Gasteiger partial charge in [-0.2, -0.15) is 0 Å². The van der Waals surface area contributed by atoms with E-state index >= 15 is 0 Å². The van der Waals surface area contributed by atoms with Crippen LogP contribution in [-0.4, -0.2) is 9.97 Å². The summed E-state index contributed by atoms with van der Waals surface area (Å²) in [6.45, 7) is 2.05. The van der Waals surface area contributed by atoms with Crippen LogP contribution < -0.4 is 11.1 Å². The van der Waals surface area contributed by atoms with Crippen molar-refractivity contribution in [3.63, 3.8) is 0 Å². The van der Waals surface area contributed by atoms with E-state index in [-0.39, 0.29) is 0 Å². The molecule has 3 rings (SSSR count). The molecule has 0 bridgehead atoms. The predicted molar refractivity (Wildman–Crippen MR) is 82.7 cm³/mol. The minimum absolute atomic E-state index is 0.701. The van der Waals surface area contributed by atoms with E-state index in [0.29, 0.717) is 5.95 Å². The highest BCUT2D eigenvalue weighted by Gasteiger charge is 2.06. The van der Waals surface area contributed by atoms with Gasteiger partial charge in [-0.15, -0.1) is 0 Å². The second kappa shape index (κ2) is 4.59. The van der Waals surface area contributed by atoms with E-state index in [9.17, 15) is 0 Å². The first-order valence-electron chi connectivity index (χ1n) is 5.91. The van der Waals surface area contributed by atoms with E-state index in [4.69, 9.17) is 5.73 Å². The van der Waals surface area contributed by atoms with Crippen LogP contribution in [-0.2, 0) is 0 Å². The number of H-pyrrole nitrogens is 1. The van der Waals surface area contributed by atoms with E-state index in [1.54, 1.807) is 0 Å². The molecule has 2 aromatic carbocycles. The van der Waals surface area contributed by atoms with Gasteiger partial charge in [-0.25, -0.2) is 4.98 Å². The number of hydrogen-bond donors (Lipinski definition) is 3. The van der Waals surface area contributed by atoms with Crippen LogP contribution in [0.2, 0.25) is 0 Å². The molecule has 0 aliphatic carbocycles. The summed E-state index contributed by atoms with van der Waals surface area (Å²) in [6.07, 6.45) is 0. The van der Waals surface area contributed by atoms with Crippen LogP contribution in [0.5, 0.6) is 0 Å². The maximum atomic E-state index is 5.75. The summed E-state index contributed by atoms with van der Waals surface area (Å²) in [5, 5.41) is 3.27. The number of nitrogens with one attached hydrogen (secondary N) is 2. The lowest BCUT2D eigenvalue weighted by Crippen LogP contribution is -1.94. The van der Waals surface area contributed by atoms with E-state index in [1.807, 2.05) is 30.3 Å². The fraction of sp³-hybridized carbons (Fsp3) is 0.0714. The van der Waals surface area contributed by atoms with Crippen LogP contribution >= 0.6 is 15.9 Å².